The Morgan fingerprint density at radius 3 is 2.62 bits per heavy atom. The van der Waals surface area contributed by atoms with Crippen LogP contribution in [0.1, 0.15) is 22.8 Å². The highest BCUT2D eigenvalue weighted by atomic mass is 79.9. The molecule has 0 atom stereocenters. The molecule has 2 rings (SSSR count). The van der Waals surface area contributed by atoms with Crippen molar-refractivity contribution >= 4 is 27.4 Å². The monoisotopic (exact) mass is 347 g/mol. The van der Waals surface area contributed by atoms with Crippen LogP contribution in [0.15, 0.2) is 46.9 Å². The molecule has 0 aliphatic carbocycles. The Labute approximate surface area is 133 Å². The first-order valence-electron chi connectivity index (χ1n) is 6.66. The van der Waals surface area contributed by atoms with Gasteiger partial charge in [-0.1, -0.05) is 12.1 Å². The number of carbonyl (C=O) groups excluding carboxylic acids is 1. The molecule has 0 saturated heterocycles. The number of benzene rings is 2. The van der Waals surface area contributed by atoms with E-state index in [0.717, 1.165) is 22.5 Å². The van der Waals surface area contributed by atoms with Crippen LogP contribution in [-0.4, -0.2) is 19.9 Å². The Morgan fingerprint density at radius 2 is 2.00 bits per heavy atom. The summed E-state index contributed by atoms with van der Waals surface area (Å²) >= 11 is 3.54. The normalized spacial score (nSPS) is 10.3. The van der Waals surface area contributed by atoms with Crippen LogP contribution in [0.25, 0.3) is 0 Å². The van der Waals surface area contributed by atoms with Gasteiger partial charge in [0.15, 0.2) is 5.78 Å². The highest BCUT2D eigenvalue weighted by Gasteiger charge is 2.09. The SMILES string of the molecule is COc1cccc(CN(C)c2ccc(C(C)=O)cc2Br)c1. The van der Waals surface area contributed by atoms with Crippen molar-refractivity contribution in [3.8, 4) is 5.75 Å². The van der Waals surface area contributed by atoms with Crippen molar-refractivity contribution in [3.05, 3.63) is 58.1 Å². The Kier molecular flexibility index (Phi) is 5.02. The first-order valence-corrected chi connectivity index (χ1v) is 7.45. The second-order valence-electron chi connectivity index (χ2n) is 4.93. The fraction of sp³-hybridized carbons (Fsp3) is 0.235. The highest BCUT2D eigenvalue weighted by molar-refractivity contribution is 9.10. The Hall–Kier alpha value is -1.81. The zero-order chi connectivity index (χ0) is 15.4. The van der Waals surface area contributed by atoms with Gasteiger partial charge >= 0.3 is 0 Å². The Bertz CT molecular complexity index is 655. The number of methoxy groups -OCH3 is 1. The molecule has 0 aliphatic heterocycles. The maximum Gasteiger partial charge on any atom is 0.159 e. The van der Waals surface area contributed by atoms with Gasteiger partial charge in [-0.15, -0.1) is 0 Å². The number of ketones is 1. The van der Waals surface area contributed by atoms with E-state index in [0.29, 0.717) is 5.56 Å². The lowest BCUT2D eigenvalue weighted by atomic mass is 10.1. The molecule has 0 fully saturated rings. The van der Waals surface area contributed by atoms with E-state index in [1.54, 1.807) is 14.0 Å². The number of anilines is 1. The zero-order valence-electron chi connectivity index (χ0n) is 12.4. The fourth-order valence-electron chi connectivity index (χ4n) is 2.17. The number of Topliss-reactive ketones (excluding diaryl/α,β-unsaturated/α-hetero) is 1. The zero-order valence-corrected chi connectivity index (χ0v) is 14.0. The van der Waals surface area contributed by atoms with Crippen LogP contribution < -0.4 is 9.64 Å². The third-order valence-corrected chi connectivity index (χ3v) is 3.95. The van der Waals surface area contributed by atoms with Crippen LogP contribution in [0.5, 0.6) is 5.75 Å². The van der Waals surface area contributed by atoms with Gasteiger partial charge in [0.05, 0.1) is 12.8 Å². The smallest absolute Gasteiger partial charge is 0.159 e. The average Bonchev–Trinajstić information content (AvgIpc) is 2.47. The minimum absolute atomic E-state index is 0.0673. The predicted octanol–water partition coefficient (Wildman–Crippen LogP) is 4.30. The van der Waals surface area contributed by atoms with Gasteiger partial charge in [-0.25, -0.2) is 0 Å². The molecule has 0 N–H and O–H groups in total. The van der Waals surface area contributed by atoms with Crippen molar-refractivity contribution in [1.29, 1.82) is 0 Å². The van der Waals surface area contributed by atoms with Gasteiger partial charge in [-0.05, 0) is 58.7 Å². The van der Waals surface area contributed by atoms with Gasteiger partial charge in [0, 0.05) is 23.6 Å². The fourth-order valence-corrected chi connectivity index (χ4v) is 2.85. The molecule has 0 aromatic heterocycles. The lowest BCUT2D eigenvalue weighted by molar-refractivity contribution is 0.101. The summed E-state index contributed by atoms with van der Waals surface area (Å²) < 4.78 is 6.16. The number of hydrogen-bond donors (Lipinski definition) is 0. The molecule has 0 spiro atoms. The molecule has 3 nitrogen and oxygen atoms in total. The van der Waals surface area contributed by atoms with Gasteiger partial charge in [0.2, 0.25) is 0 Å². The van der Waals surface area contributed by atoms with Gasteiger partial charge in [-0.3, -0.25) is 4.79 Å². The summed E-state index contributed by atoms with van der Waals surface area (Å²) in [6, 6.07) is 13.7. The quantitative estimate of drug-likeness (QED) is 0.755. The van der Waals surface area contributed by atoms with Crippen molar-refractivity contribution in [2.75, 3.05) is 19.1 Å². The van der Waals surface area contributed by atoms with E-state index in [2.05, 4.69) is 26.9 Å². The van der Waals surface area contributed by atoms with E-state index in [-0.39, 0.29) is 5.78 Å². The molecule has 2 aromatic rings. The predicted molar refractivity (Wildman–Crippen MR) is 89.2 cm³/mol. The molecule has 0 bridgehead atoms. The molecule has 4 heteroatoms. The molecular weight excluding hydrogens is 330 g/mol. The second kappa shape index (κ2) is 6.76. The van der Waals surface area contributed by atoms with Gasteiger partial charge in [0.25, 0.3) is 0 Å². The van der Waals surface area contributed by atoms with E-state index in [4.69, 9.17) is 4.74 Å². The van der Waals surface area contributed by atoms with Crippen molar-refractivity contribution in [2.45, 2.75) is 13.5 Å². The summed E-state index contributed by atoms with van der Waals surface area (Å²) in [6.45, 7) is 2.33. The van der Waals surface area contributed by atoms with Crippen molar-refractivity contribution < 1.29 is 9.53 Å². The third-order valence-electron chi connectivity index (χ3n) is 3.32. The van der Waals surface area contributed by atoms with Crippen molar-refractivity contribution in [3.63, 3.8) is 0 Å². The summed E-state index contributed by atoms with van der Waals surface area (Å²) in [5.41, 5.74) is 2.92. The summed E-state index contributed by atoms with van der Waals surface area (Å²) in [6.07, 6.45) is 0. The molecule has 0 aliphatic rings. The van der Waals surface area contributed by atoms with Crippen molar-refractivity contribution in [2.24, 2.45) is 0 Å². The van der Waals surface area contributed by atoms with Crippen LogP contribution in [-0.2, 0) is 6.54 Å². The molecular formula is C17H18BrNO2. The van der Waals surface area contributed by atoms with E-state index < -0.39 is 0 Å². The minimum Gasteiger partial charge on any atom is -0.497 e. The number of rotatable bonds is 5. The highest BCUT2D eigenvalue weighted by Crippen LogP contribution is 2.28. The summed E-state index contributed by atoms with van der Waals surface area (Å²) in [7, 11) is 3.69. The Morgan fingerprint density at radius 1 is 1.24 bits per heavy atom. The summed E-state index contributed by atoms with van der Waals surface area (Å²) in [5.74, 6) is 0.921. The maximum absolute atomic E-state index is 11.4. The second-order valence-corrected chi connectivity index (χ2v) is 5.78. The van der Waals surface area contributed by atoms with Crippen LogP contribution in [0.4, 0.5) is 5.69 Å². The molecule has 0 unspecified atom stereocenters. The third kappa shape index (κ3) is 3.85. The first-order chi connectivity index (χ1) is 10.0. The van der Waals surface area contributed by atoms with Crippen LogP contribution in [0.3, 0.4) is 0 Å². The molecule has 0 radical (unpaired) electrons. The minimum atomic E-state index is 0.0673. The number of halogens is 1. The summed E-state index contributed by atoms with van der Waals surface area (Å²) in [5, 5.41) is 0. The lowest BCUT2D eigenvalue weighted by Gasteiger charge is -2.21. The van der Waals surface area contributed by atoms with Gasteiger partial charge < -0.3 is 9.64 Å². The average molecular weight is 348 g/mol. The van der Waals surface area contributed by atoms with E-state index in [1.807, 2.05) is 43.4 Å². The van der Waals surface area contributed by atoms with E-state index in [9.17, 15) is 4.79 Å². The molecule has 110 valence electrons. The van der Waals surface area contributed by atoms with Crippen LogP contribution in [0.2, 0.25) is 0 Å². The van der Waals surface area contributed by atoms with E-state index >= 15 is 0 Å². The number of hydrogen-bond acceptors (Lipinski definition) is 3. The number of nitrogens with zero attached hydrogens (tertiary/aromatic N) is 1. The Balaban J connectivity index is 2.19. The molecule has 2 aromatic carbocycles. The topological polar surface area (TPSA) is 29.5 Å². The first kappa shape index (κ1) is 15.6. The lowest BCUT2D eigenvalue weighted by Crippen LogP contribution is -2.17. The number of ether oxygens (including phenoxy) is 1. The standard InChI is InChI=1S/C17H18BrNO2/c1-12(20)14-7-8-17(16(18)10-14)19(2)11-13-5-4-6-15(9-13)21-3/h4-10H,11H2,1-3H3. The summed E-state index contributed by atoms with van der Waals surface area (Å²) in [4.78, 5) is 13.5. The molecule has 0 amide bonds. The van der Waals surface area contributed by atoms with E-state index in [1.165, 1.54) is 5.56 Å². The van der Waals surface area contributed by atoms with Crippen LogP contribution >= 0.6 is 15.9 Å². The molecule has 21 heavy (non-hydrogen) atoms. The maximum atomic E-state index is 11.4. The number of carbonyl (C=O) groups is 1. The van der Waals surface area contributed by atoms with Crippen LogP contribution in [0, 0.1) is 0 Å². The van der Waals surface area contributed by atoms with Gasteiger partial charge in [-0.2, -0.15) is 0 Å². The largest absolute Gasteiger partial charge is 0.497 e. The molecule has 0 heterocycles. The van der Waals surface area contributed by atoms with Crippen molar-refractivity contribution in [1.82, 2.24) is 0 Å². The molecule has 0 saturated carbocycles. The van der Waals surface area contributed by atoms with Gasteiger partial charge in [0.1, 0.15) is 5.75 Å².